The molecule has 0 saturated heterocycles. The van der Waals surface area contributed by atoms with Crippen molar-refractivity contribution in [3.05, 3.63) is 12.2 Å². The van der Waals surface area contributed by atoms with Gasteiger partial charge in [-0.2, -0.15) is 0 Å². The van der Waals surface area contributed by atoms with Gasteiger partial charge in [0.1, 0.15) is 0 Å². The van der Waals surface area contributed by atoms with Crippen LogP contribution in [-0.2, 0) is 0 Å². The lowest BCUT2D eigenvalue weighted by Gasteiger charge is -2.17. The number of hydrogen-bond acceptors (Lipinski definition) is 2. The molecule has 0 saturated carbocycles. The summed E-state index contributed by atoms with van der Waals surface area (Å²) in [4.78, 5) is 0. The van der Waals surface area contributed by atoms with Crippen molar-refractivity contribution in [1.29, 1.82) is 0 Å². The molecule has 0 aromatic carbocycles. The fourth-order valence-corrected chi connectivity index (χ4v) is 0.774. The van der Waals surface area contributed by atoms with Gasteiger partial charge < -0.3 is 11.5 Å². The molecule has 0 spiro atoms. The second-order valence-corrected chi connectivity index (χ2v) is 4.86. The van der Waals surface area contributed by atoms with Crippen molar-refractivity contribution in [2.24, 2.45) is 11.5 Å². The third-order valence-corrected chi connectivity index (χ3v) is 1.45. The Morgan fingerprint density at radius 2 is 1.08 bits per heavy atom. The van der Waals surface area contributed by atoms with E-state index in [0.717, 1.165) is 12.8 Å². The minimum absolute atomic E-state index is 0.102. The van der Waals surface area contributed by atoms with E-state index in [-0.39, 0.29) is 11.1 Å². The maximum atomic E-state index is 5.80. The smallest absolute Gasteiger partial charge is 0.0132 e. The quantitative estimate of drug-likeness (QED) is 0.632. The minimum atomic E-state index is -0.102. The molecule has 0 aliphatic carbocycles. The third-order valence-electron chi connectivity index (χ3n) is 1.45. The Bertz CT molecular complexity index is 128. The van der Waals surface area contributed by atoms with Gasteiger partial charge in [-0.25, -0.2) is 0 Å². The van der Waals surface area contributed by atoms with Crippen LogP contribution in [0.4, 0.5) is 0 Å². The van der Waals surface area contributed by atoms with E-state index < -0.39 is 0 Å². The first kappa shape index (κ1) is 11.7. The largest absolute Gasteiger partial charge is 0.325 e. The van der Waals surface area contributed by atoms with Gasteiger partial charge in [0.15, 0.2) is 0 Å². The van der Waals surface area contributed by atoms with Gasteiger partial charge in [-0.1, -0.05) is 12.2 Å². The van der Waals surface area contributed by atoms with Gasteiger partial charge in [0.05, 0.1) is 0 Å². The van der Waals surface area contributed by atoms with Crippen molar-refractivity contribution in [3.63, 3.8) is 0 Å². The molecule has 0 aliphatic rings. The van der Waals surface area contributed by atoms with Crippen LogP contribution in [0.15, 0.2) is 12.2 Å². The first-order chi connectivity index (χ1) is 5.21. The van der Waals surface area contributed by atoms with Gasteiger partial charge in [-0.3, -0.25) is 0 Å². The highest BCUT2D eigenvalue weighted by molar-refractivity contribution is 4.93. The predicted molar refractivity (Wildman–Crippen MR) is 54.9 cm³/mol. The zero-order valence-electron chi connectivity index (χ0n) is 8.72. The Morgan fingerprint density at radius 3 is 1.25 bits per heavy atom. The Balaban J connectivity index is 3.66. The molecule has 0 amide bonds. The lowest BCUT2D eigenvalue weighted by atomic mass is 9.99. The molecule has 0 heterocycles. The molecule has 0 radical (unpaired) electrons. The first-order valence-electron chi connectivity index (χ1n) is 4.43. The average molecular weight is 170 g/mol. The highest BCUT2D eigenvalue weighted by Crippen LogP contribution is 2.08. The van der Waals surface area contributed by atoms with E-state index in [1.54, 1.807) is 0 Å². The monoisotopic (exact) mass is 170 g/mol. The van der Waals surface area contributed by atoms with E-state index in [2.05, 4.69) is 12.2 Å². The Morgan fingerprint density at radius 1 is 0.833 bits per heavy atom. The van der Waals surface area contributed by atoms with Gasteiger partial charge in [0.2, 0.25) is 0 Å². The summed E-state index contributed by atoms with van der Waals surface area (Å²) >= 11 is 0. The van der Waals surface area contributed by atoms with Crippen molar-refractivity contribution in [1.82, 2.24) is 0 Å². The standard InChI is InChI=1S/C10H22N2/c1-9(2,11)7-5-6-8-10(3,4)12/h5-6H,7-8,11-12H2,1-4H3/b6-5+. The third kappa shape index (κ3) is 9.66. The molecule has 4 N–H and O–H groups in total. The molecule has 12 heavy (non-hydrogen) atoms. The Hall–Kier alpha value is -0.340. The zero-order valence-corrected chi connectivity index (χ0v) is 8.72. The van der Waals surface area contributed by atoms with Crippen LogP contribution in [0.1, 0.15) is 40.5 Å². The molecule has 0 rings (SSSR count). The summed E-state index contributed by atoms with van der Waals surface area (Å²) in [6.45, 7) is 8.08. The van der Waals surface area contributed by atoms with Crippen molar-refractivity contribution in [2.75, 3.05) is 0 Å². The van der Waals surface area contributed by atoms with Crippen molar-refractivity contribution < 1.29 is 0 Å². The van der Waals surface area contributed by atoms with Crippen LogP contribution in [0.3, 0.4) is 0 Å². The molecule has 0 aliphatic heterocycles. The van der Waals surface area contributed by atoms with Crippen molar-refractivity contribution in [2.45, 2.75) is 51.6 Å². The molecule has 0 bridgehead atoms. The minimum Gasteiger partial charge on any atom is -0.325 e. The second kappa shape index (κ2) is 4.06. The summed E-state index contributed by atoms with van der Waals surface area (Å²) in [6, 6.07) is 0. The van der Waals surface area contributed by atoms with Gasteiger partial charge in [0.25, 0.3) is 0 Å². The molecule has 0 aromatic heterocycles. The molecule has 0 fully saturated rings. The molecule has 2 heteroatoms. The van der Waals surface area contributed by atoms with Crippen LogP contribution >= 0.6 is 0 Å². The van der Waals surface area contributed by atoms with E-state index >= 15 is 0 Å². The number of nitrogens with two attached hydrogens (primary N) is 2. The highest BCUT2D eigenvalue weighted by Gasteiger charge is 2.09. The average Bonchev–Trinajstić information content (AvgIpc) is 1.76. The molecule has 0 unspecified atom stereocenters. The first-order valence-corrected chi connectivity index (χ1v) is 4.43. The van der Waals surface area contributed by atoms with E-state index in [1.807, 2.05) is 27.7 Å². The molecule has 0 aromatic rings. The van der Waals surface area contributed by atoms with E-state index in [1.165, 1.54) is 0 Å². The number of rotatable bonds is 4. The summed E-state index contributed by atoms with van der Waals surface area (Å²) in [6.07, 6.45) is 6.02. The van der Waals surface area contributed by atoms with Gasteiger partial charge in [-0.05, 0) is 40.5 Å². The highest BCUT2D eigenvalue weighted by atomic mass is 14.7. The molecular weight excluding hydrogens is 148 g/mol. The number of hydrogen-bond donors (Lipinski definition) is 2. The lowest BCUT2D eigenvalue weighted by Crippen LogP contribution is -2.32. The molecule has 72 valence electrons. The summed E-state index contributed by atoms with van der Waals surface area (Å²) in [5, 5.41) is 0. The SMILES string of the molecule is CC(C)(N)C/C=C/CC(C)(C)N. The Kier molecular flexibility index (Phi) is 3.94. The van der Waals surface area contributed by atoms with Crippen LogP contribution in [0.5, 0.6) is 0 Å². The lowest BCUT2D eigenvalue weighted by molar-refractivity contribution is 0.513. The Labute approximate surface area is 76.0 Å². The molecular formula is C10H22N2. The second-order valence-electron chi connectivity index (χ2n) is 4.86. The maximum absolute atomic E-state index is 5.80. The predicted octanol–water partition coefficient (Wildman–Crippen LogP) is 1.80. The van der Waals surface area contributed by atoms with Crippen molar-refractivity contribution in [3.8, 4) is 0 Å². The summed E-state index contributed by atoms with van der Waals surface area (Å²) in [5.41, 5.74) is 11.4. The van der Waals surface area contributed by atoms with Crippen LogP contribution < -0.4 is 11.5 Å². The van der Waals surface area contributed by atoms with Gasteiger partial charge in [-0.15, -0.1) is 0 Å². The zero-order chi connectivity index (χ0) is 9.83. The van der Waals surface area contributed by atoms with Crippen LogP contribution in [0.2, 0.25) is 0 Å². The summed E-state index contributed by atoms with van der Waals surface area (Å²) in [7, 11) is 0. The van der Waals surface area contributed by atoms with Crippen molar-refractivity contribution >= 4 is 0 Å². The fourth-order valence-electron chi connectivity index (χ4n) is 0.774. The fraction of sp³-hybridized carbons (Fsp3) is 0.800. The van der Waals surface area contributed by atoms with Crippen LogP contribution in [0.25, 0.3) is 0 Å². The van der Waals surface area contributed by atoms with E-state index in [0.29, 0.717) is 0 Å². The van der Waals surface area contributed by atoms with Gasteiger partial charge in [0, 0.05) is 11.1 Å². The summed E-state index contributed by atoms with van der Waals surface area (Å²) in [5.74, 6) is 0. The van der Waals surface area contributed by atoms with Crippen LogP contribution in [-0.4, -0.2) is 11.1 Å². The van der Waals surface area contributed by atoms with E-state index in [9.17, 15) is 0 Å². The summed E-state index contributed by atoms with van der Waals surface area (Å²) < 4.78 is 0. The molecule has 2 nitrogen and oxygen atoms in total. The van der Waals surface area contributed by atoms with Crippen LogP contribution in [0, 0.1) is 0 Å². The topological polar surface area (TPSA) is 52.0 Å². The normalized spacial score (nSPS) is 14.2. The van der Waals surface area contributed by atoms with Gasteiger partial charge >= 0.3 is 0 Å². The van der Waals surface area contributed by atoms with E-state index in [4.69, 9.17) is 11.5 Å². The maximum Gasteiger partial charge on any atom is 0.0132 e. The molecule has 0 atom stereocenters.